The van der Waals surface area contributed by atoms with Crippen LogP contribution in [0.25, 0.3) is 16.9 Å². The molecule has 0 aliphatic heterocycles. The van der Waals surface area contributed by atoms with Gasteiger partial charge in [-0.05, 0) is 37.5 Å². The SMILES string of the molecule is OC1CCCC1Nc1nccc(-n2cnc3ccccc32)n1. The first-order chi connectivity index (χ1) is 10.8. The number of nitrogens with zero attached hydrogens (tertiary/aromatic N) is 4. The summed E-state index contributed by atoms with van der Waals surface area (Å²) in [5.74, 6) is 1.31. The monoisotopic (exact) mass is 295 g/mol. The standard InChI is InChI=1S/C16H17N5O/c22-14-7-3-5-12(14)19-16-17-9-8-15(20-16)21-10-18-11-4-1-2-6-13(11)21/h1-2,4,6,8-10,12,14,22H,3,5,7H2,(H,17,19,20). The van der Waals surface area contributed by atoms with Crippen LogP contribution in [0.4, 0.5) is 5.95 Å². The maximum Gasteiger partial charge on any atom is 0.224 e. The minimum Gasteiger partial charge on any atom is -0.391 e. The number of hydrogen-bond acceptors (Lipinski definition) is 5. The summed E-state index contributed by atoms with van der Waals surface area (Å²) in [6.45, 7) is 0. The minimum absolute atomic E-state index is 0.0368. The molecule has 2 unspecified atom stereocenters. The number of anilines is 1. The number of nitrogens with one attached hydrogen (secondary N) is 1. The number of fused-ring (bicyclic) bond motifs is 1. The third kappa shape index (κ3) is 2.31. The first-order valence-electron chi connectivity index (χ1n) is 7.51. The molecule has 2 aromatic heterocycles. The fraction of sp³-hybridized carbons (Fsp3) is 0.312. The van der Waals surface area contributed by atoms with Gasteiger partial charge in [0.05, 0.1) is 23.2 Å². The van der Waals surface area contributed by atoms with Gasteiger partial charge >= 0.3 is 0 Å². The van der Waals surface area contributed by atoms with Crippen LogP contribution in [-0.4, -0.2) is 36.8 Å². The summed E-state index contributed by atoms with van der Waals surface area (Å²) < 4.78 is 1.94. The second-order valence-electron chi connectivity index (χ2n) is 5.59. The highest BCUT2D eigenvalue weighted by molar-refractivity contribution is 5.76. The zero-order valence-corrected chi connectivity index (χ0v) is 12.1. The predicted octanol–water partition coefficient (Wildman–Crippen LogP) is 2.14. The molecule has 1 saturated carbocycles. The van der Waals surface area contributed by atoms with Crippen molar-refractivity contribution in [3.63, 3.8) is 0 Å². The molecule has 112 valence electrons. The van der Waals surface area contributed by atoms with Crippen LogP contribution in [0.1, 0.15) is 19.3 Å². The van der Waals surface area contributed by atoms with Gasteiger partial charge < -0.3 is 10.4 Å². The van der Waals surface area contributed by atoms with Gasteiger partial charge in [-0.1, -0.05) is 12.1 Å². The second kappa shape index (κ2) is 5.38. The normalized spacial score (nSPS) is 21.3. The smallest absolute Gasteiger partial charge is 0.224 e. The molecular weight excluding hydrogens is 278 g/mol. The number of aliphatic hydroxyl groups excluding tert-OH is 1. The quantitative estimate of drug-likeness (QED) is 0.774. The lowest BCUT2D eigenvalue weighted by Crippen LogP contribution is -2.28. The highest BCUT2D eigenvalue weighted by atomic mass is 16.3. The van der Waals surface area contributed by atoms with E-state index in [0.29, 0.717) is 5.95 Å². The number of imidazole rings is 1. The predicted molar refractivity (Wildman–Crippen MR) is 83.9 cm³/mol. The Labute approximate surface area is 127 Å². The van der Waals surface area contributed by atoms with E-state index in [0.717, 1.165) is 36.1 Å². The molecule has 6 heteroatoms. The van der Waals surface area contributed by atoms with Crippen molar-refractivity contribution in [1.82, 2.24) is 19.5 Å². The fourth-order valence-electron chi connectivity index (χ4n) is 2.97. The number of aliphatic hydroxyl groups is 1. The van der Waals surface area contributed by atoms with E-state index < -0.39 is 0 Å². The van der Waals surface area contributed by atoms with Crippen molar-refractivity contribution in [1.29, 1.82) is 0 Å². The Balaban J connectivity index is 1.67. The number of hydrogen-bond donors (Lipinski definition) is 2. The zero-order chi connectivity index (χ0) is 14.9. The van der Waals surface area contributed by atoms with Gasteiger partial charge in [-0.25, -0.2) is 9.97 Å². The van der Waals surface area contributed by atoms with Gasteiger partial charge in [0, 0.05) is 6.20 Å². The van der Waals surface area contributed by atoms with E-state index in [-0.39, 0.29) is 12.1 Å². The van der Waals surface area contributed by atoms with E-state index in [2.05, 4.69) is 20.3 Å². The maximum atomic E-state index is 9.91. The molecule has 0 saturated heterocycles. The third-order valence-corrected chi connectivity index (χ3v) is 4.14. The molecule has 22 heavy (non-hydrogen) atoms. The molecule has 0 spiro atoms. The van der Waals surface area contributed by atoms with Crippen molar-refractivity contribution in [2.45, 2.75) is 31.4 Å². The molecule has 6 nitrogen and oxygen atoms in total. The van der Waals surface area contributed by atoms with Gasteiger partial charge in [-0.3, -0.25) is 4.57 Å². The molecule has 1 aliphatic carbocycles. The molecule has 0 radical (unpaired) electrons. The van der Waals surface area contributed by atoms with Crippen molar-refractivity contribution >= 4 is 17.0 Å². The Morgan fingerprint density at radius 3 is 2.91 bits per heavy atom. The first-order valence-corrected chi connectivity index (χ1v) is 7.51. The van der Waals surface area contributed by atoms with Crippen molar-refractivity contribution in [3.05, 3.63) is 42.9 Å². The Hall–Kier alpha value is -2.47. The molecule has 1 aromatic carbocycles. The first kappa shape index (κ1) is 13.2. The number of para-hydroxylation sites is 2. The Bertz CT molecular complexity index is 800. The fourth-order valence-corrected chi connectivity index (χ4v) is 2.97. The van der Waals surface area contributed by atoms with Gasteiger partial charge in [0.25, 0.3) is 0 Å². The summed E-state index contributed by atoms with van der Waals surface area (Å²) in [7, 11) is 0. The van der Waals surface area contributed by atoms with Gasteiger partial charge in [0.1, 0.15) is 12.1 Å². The average Bonchev–Trinajstić information content (AvgIpc) is 3.14. The average molecular weight is 295 g/mol. The molecule has 2 N–H and O–H groups in total. The van der Waals surface area contributed by atoms with E-state index in [9.17, 15) is 5.11 Å². The molecule has 3 aromatic rings. The highest BCUT2D eigenvalue weighted by Crippen LogP contribution is 2.22. The van der Waals surface area contributed by atoms with Crippen LogP contribution >= 0.6 is 0 Å². The minimum atomic E-state index is -0.318. The van der Waals surface area contributed by atoms with Crippen LogP contribution in [0.5, 0.6) is 0 Å². The molecular formula is C16H17N5O. The second-order valence-corrected chi connectivity index (χ2v) is 5.59. The number of rotatable bonds is 3. The van der Waals surface area contributed by atoms with E-state index >= 15 is 0 Å². The van der Waals surface area contributed by atoms with Crippen LogP contribution in [0.2, 0.25) is 0 Å². The third-order valence-electron chi connectivity index (χ3n) is 4.14. The molecule has 0 amide bonds. The van der Waals surface area contributed by atoms with E-state index in [1.165, 1.54) is 0 Å². The lowest BCUT2D eigenvalue weighted by Gasteiger charge is -2.16. The van der Waals surface area contributed by atoms with Gasteiger partial charge in [-0.15, -0.1) is 0 Å². The topological polar surface area (TPSA) is 75.9 Å². The summed E-state index contributed by atoms with van der Waals surface area (Å²) in [5, 5.41) is 13.1. The van der Waals surface area contributed by atoms with Gasteiger partial charge in [-0.2, -0.15) is 4.98 Å². The van der Waals surface area contributed by atoms with Crippen molar-refractivity contribution in [2.75, 3.05) is 5.32 Å². The molecule has 2 atom stereocenters. The summed E-state index contributed by atoms with van der Waals surface area (Å²) in [4.78, 5) is 13.2. The van der Waals surface area contributed by atoms with E-state index in [4.69, 9.17) is 0 Å². The van der Waals surface area contributed by atoms with Crippen LogP contribution in [-0.2, 0) is 0 Å². The lowest BCUT2D eigenvalue weighted by molar-refractivity contribution is 0.171. The van der Waals surface area contributed by atoms with Crippen LogP contribution < -0.4 is 5.32 Å². The van der Waals surface area contributed by atoms with Crippen LogP contribution in [0, 0.1) is 0 Å². The number of aromatic nitrogens is 4. The van der Waals surface area contributed by atoms with Crippen molar-refractivity contribution < 1.29 is 5.11 Å². The van der Waals surface area contributed by atoms with Crippen LogP contribution in [0.15, 0.2) is 42.9 Å². The van der Waals surface area contributed by atoms with Crippen LogP contribution in [0.3, 0.4) is 0 Å². The summed E-state index contributed by atoms with van der Waals surface area (Å²) in [6, 6.07) is 9.82. The zero-order valence-electron chi connectivity index (χ0n) is 12.1. The summed E-state index contributed by atoms with van der Waals surface area (Å²) in [6.07, 6.45) is 5.99. The Morgan fingerprint density at radius 1 is 1.14 bits per heavy atom. The molecule has 4 rings (SSSR count). The highest BCUT2D eigenvalue weighted by Gasteiger charge is 2.25. The van der Waals surface area contributed by atoms with E-state index in [1.807, 2.05) is 34.9 Å². The lowest BCUT2D eigenvalue weighted by atomic mass is 10.2. The molecule has 2 heterocycles. The molecule has 1 aliphatic rings. The van der Waals surface area contributed by atoms with Crippen molar-refractivity contribution in [2.24, 2.45) is 0 Å². The maximum absolute atomic E-state index is 9.91. The molecule has 0 bridgehead atoms. The summed E-state index contributed by atoms with van der Waals surface area (Å²) in [5.41, 5.74) is 1.94. The Kier molecular flexibility index (Phi) is 3.23. The molecule has 1 fully saturated rings. The Morgan fingerprint density at radius 2 is 2.05 bits per heavy atom. The van der Waals surface area contributed by atoms with Gasteiger partial charge in [0.2, 0.25) is 5.95 Å². The van der Waals surface area contributed by atoms with E-state index in [1.54, 1.807) is 12.5 Å². The summed E-state index contributed by atoms with van der Waals surface area (Å²) >= 11 is 0. The number of benzene rings is 1. The van der Waals surface area contributed by atoms with Crippen molar-refractivity contribution in [3.8, 4) is 5.82 Å². The van der Waals surface area contributed by atoms with Gasteiger partial charge in [0.15, 0.2) is 0 Å². The largest absolute Gasteiger partial charge is 0.391 e.